The number of hydrogen-bond acceptors (Lipinski definition) is 2. The third-order valence-electron chi connectivity index (χ3n) is 1.87. The lowest BCUT2D eigenvalue weighted by Gasteiger charge is -2.23. The fourth-order valence-corrected chi connectivity index (χ4v) is 0.913. The van der Waals surface area contributed by atoms with Crippen LogP contribution in [-0.2, 0) is 4.79 Å². The van der Waals surface area contributed by atoms with Gasteiger partial charge in [0.05, 0.1) is 0 Å². The number of amides is 1. The summed E-state index contributed by atoms with van der Waals surface area (Å²) >= 11 is 0. The minimum atomic E-state index is -0.205. The minimum Gasteiger partial charge on any atom is -0.512 e. The fourth-order valence-electron chi connectivity index (χ4n) is 0.913. The third-order valence-corrected chi connectivity index (χ3v) is 1.87. The quantitative estimate of drug-likeness (QED) is 0.518. The molecule has 0 aromatic rings. The van der Waals surface area contributed by atoms with E-state index >= 15 is 0 Å². The molecule has 1 aliphatic heterocycles. The van der Waals surface area contributed by atoms with Crippen LogP contribution in [0.4, 0.5) is 0 Å². The Hall–Kier alpha value is -0.990. The minimum absolute atomic E-state index is 0.0394. The summed E-state index contributed by atoms with van der Waals surface area (Å²) in [6.07, 6.45) is 1.23. The molecule has 1 aliphatic rings. The zero-order valence-corrected chi connectivity index (χ0v) is 6.09. The first-order chi connectivity index (χ1) is 4.61. The van der Waals surface area contributed by atoms with Crippen LogP contribution in [0.25, 0.3) is 0 Å². The number of aliphatic hydroxyl groups excluding tert-OH is 1. The molecule has 2 N–H and O–H groups in total. The highest BCUT2D eigenvalue weighted by atomic mass is 16.3. The molecule has 2 atom stereocenters. The second kappa shape index (κ2) is 2.33. The van der Waals surface area contributed by atoms with Gasteiger partial charge in [0.15, 0.2) is 0 Å². The maximum absolute atomic E-state index is 10.7. The molecule has 1 amide bonds. The Labute approximate surface area is 59.7 Å². The number of carbonyl (C=O) groups excluding carboxylic acids is 1. The van der Waals surface area contributed by atoms with Crippen LogP contribution in [0.15, 0.2) is 11.8 Å². The summed E-state index contributed by atoms with van der Waals surface area (Å²) in [7, 11) is 0. The summed E-state index contributed by atoms with van der Waals surface area (Å²) in [5.74, 6) is 0.0112. The molecule has 0 saturated carbocycles. The predicted molar refractivity (Wildman–Crippen MR) is 37.5 cm³/mol. The van der Waals surface area contributed by atoms with Crippen molar-refractivity contribution in [3.8, 4) is 0 Å². The summed E-state index contributed by atoms with van der Waals surface area (Å²) in [5.41, 5.74) is 0. The van der Waals surface area contributed by atoms with Crippen molar-refractivity contribution in [2.75, 3.05) is 0 Å². The van der Waals surface area contributed by atoms with Crippen molar-refractivity contribution in [2.45, 2.75) is 19.9 Å². The van der Waals surface area contributed by atoms with Crippen LogP contribution in [0.3, 0.4) is 0 Å². The molecule has 3 heteroatoms. The average molecular weight is 141 g/mol. The predicted octanol–water partition coefficient (Wildman–Crippen LogP) is 0.583. The van der Waals surface area contributed by atoms with Crippen LogP contribution in [-0.4, -0.2) is 17.1 Å². The van der Waals surface area contributed by atoms with Crippen LogP contribution in [0, 0.1) is 5.92 Å². The Kier molecular flexibility index (Phi) is 1.66. The SMILES string of the molecule is CC1NC(=O)C=C(O)C1C. The molecule has 1 heterocycles. The van der Waals surface area contributed by atoms with Crippen molar-refractivity contribution in [2.24, 2.45) is 5.92 Å². The molecule has 0 aromatic heterocycles. The van der Waals surface area contributed by atoms with E-state index in [1.807, 2.05) is 13.8 Å². The highest BCUT2D eigenvalue weighted by molar-refractivity contribution is 5.89. The molecule has 56 valence electrons. The standard InChI is InChI=1S/C7H11NO2/c1-4-5(2)8-7(10)3-6(4)9/h3-5,9H,1-2H3,(H,8,10). The second-order valence-corrected chi connectivity index (χ2v) is 2.66. The van der Waals surface area contributed by atoms with Gasteiger partial charge in [0, 0.05) is 18.0 Å². The van der Waals surface area contributed by atoms with E-state index in [2.05, 4.69) is 5.32 Å². The van der Waals surface area contributed by atoms with E-state index in [9.17, 15) is 4.79 Å². The molecule has 10 heavy (non-hydrogen) atoms. The zero-order chi connectivity index (χ0) is 7.72. The Morgan fingerprint density at radius 2 is 2.20 bits per heavy atom. The fraction of sp³-hybridized carbons (Fsp3) is 0.571. The van der Waals surface area contributed by atoms with E-state index in [-0.39, 0.29) is 23.6 Å². The first-order valence-corrected chi connectivity index (χ1v) is 3.32. The van der Waals surface area contributed by atoms with Crippen LogP contribution >= 0.6 is 0 Å². The molecule has 0 bridgehead atoms. The molecular formula is C7H11NO2. The van der Waals surface area contributed by atoms with Crippen molar-refractivity contribution < 1.29 is 9.90 Å². The first kappa shape index (κ1) is 7.12. The maximum Gasteiger partial charge on any atom is 0.247 e. The molecule has 2 unspecified atom stereocenters. The van der Waals surface area contributed by atoms with Crippen LogP contribution in [0.2, 0.25) is 0 Å². The molecule has 0 spiro atoms. The average Bonchev–Trinajstić information content (AvgIpc) is 1.82. The van der Waals surface area contributed by atoms with Crippen molar-refractivity contribution in [3.05, 3.63) is 11.8 Å². The van der Waals surface area contributed by atoms with Gasteiger partial charge in [-0.25, -0.2) is 0 Å². The van der Waals surface area contributed by atoms with Gasteiger partial charge in [-0.1, -0.05) is 6.92 Å². The molecule has 1 rings (SSSR count). The Morgan fingerprint density at radius 3 is 2.70 bits per heavy atom. The molecule has 0 saturated heterocycles. The van der Waals surface area contributed by atoms with Crippen molar-refractivity contribution in [3.63, 3.8) is 0 Å². The van der Waals surface area contributed by atoms with Crippen molar-refractivity contribution in [1.29, 1.82) is 0 Å². The monoisotopic (exact) mass is 141 g/mol. The van der Waals surface area contributed by atoms with E-state index in [1.54, 1.807) is 0 Å². The van der Waals surface area contributed by atoms with E-state index in [0.717, 1.165) is 0 Å². The Balaban J connectivity index is 2.80. The lowest BCUT2D eigenvalue weighted by molar-refractivity contribution is -0.118. The number of aliphatic hydroxyl groups is 1. The normalized spacial score (nSPS) is 33.0. The van der Waals surface area contributed by atoms with Gasteiger partial charge in [-0.3, -0.25) is 4.79 Å². The van der Waals surface area contributed by atoms with Gasteiger partial charge < -0.3 is 10.4 Å². The molecular weight excluding hydrogens is 130 g/mol. The Bertz CT molecular complexity index is 186. The third kappa shape index (κ3) is 1.12. The number of rotatable bonds is 0. The Morgan fingerprint density at radius 1 is 1.60 bits per heavy atom. The first-order valence-electron chi connectivity index (χ1n) is 3.32. The molecule has 0 aliphatic carbocycles. The van der Waals surface area contributed by atoms with Gasteiger partial charge in [-0.2, -0.15) is 0 Å². The molecule has 0 fully saturated rings. The summed E-state index contributed by atoms with van der Waals surface area (Å²) < 4.78 is 0. The number of carbonyl (C=O) groups is 1. The summed E-state index contributed by atoms with van der Waals surface area (Å²) in [4.78, 5) is 10.7. The zero-order valence-electron chi connectivity index (χ0n) is 6.09. The van der Waals surface area contributed by atoms with Crippen LogP contribution < -0.4 is 5.32 Å². The maximum atomic E-state index is 10.7. The molecule has 0 radical (unpaired) electrons. The lowest BCUT2D eigenvalue weighted by Crippen LogP contribution is -2.40. The van der Waals surface area contributed by atoms with Gasteiger partial charge in [-0.15, -0.1) is 0 Å². The van der Waals surface area contributed by atoms with E-state index < -0.39 is 0 Å². The smallest absolute Gasteiger partial charge is 0.247 e. The van der Waals surface area contributed by atoms with Gasteiger partial charge >= 0.3 is 0 Å². The number of nitrogens with one attached hydrogen (secondary N) is 1. The molecule has 3 nitrogen and oxygen atoms in total. The highest BCUT2D eigenvalue weighted by Crippen LogP contribution is 2.15. The van der Waals surface area contributed by atoms with Crippen LogP contribution in [0.1, 0.15) is 13.8 Å². The molecule has 0 aromatic carbocycles. The summed E-state index contributed by atoms with van der Waals surface area (Å²) in [5, 5.41) is 11.8. The second-order valence-electron chi connectivity index (χ2n) is 2.66. The van der Waals surface area contributed by atoms with Gasteiger partial charge in [0.2, 0.25) is 5.91 Å². The summed E-state index contributed by atoms with van der Waals surface area (Å²) in [6, 6.07) is 0.0394. The van der Waals surface area contributed by atoms with Gasteiger partial charge in [-0.05, 0) is 6.92 Å². The largest absolute Gasteiger partial charge is 0.512 e. The van der Waals surface area contributed by atoms with E-state index in [0.29, 0.717) is 0 Å². The summed E-state index contributed by atoms with van der Waals surface area (Å²) in [6.45, 7) is 3.74. The highest BCUT2D eigenvalue weighted by Gasteiger charge is 2.22. The van der Waals surface area contributed by atoms with Gasteiger partial charge in [0.1, 0.15) is 5.76 Å². The lowest BCUT2D eigenvalue weighted by atomic mass is 9.98. The van der Waals surface area contributed by atoms with Crippen LogP contribution in [0.5, 0.6) is 0 Å². The van der Waals surface area contributed by atoms with Gasteiger partial charge in [0.25, 0.3) is 0 Å². The van der Waals surface area contributed by atoms with E-state index in [1.165, 1.54) is 6.08 Å². The number of hydrogen-bond donors (Lipinski definition) is 2. The van der Waals surface area contributed by atoms with Crippen molar-refractivity contribution in [1.82, 2.24) is 5.32 Å². The van der Waals surface area contributed by atoms with Crippen molar-refractivity contribution >= 4 is 5.91 Å². The van der Waals surface area contributed by atoms with E-state index in [4.69, 9.17) is 5.11 Å². The topological polar surface area (TPSA) is 49.3 Å².